The van der Waals surface area contributed by atoms with Crippen LogP contribution in [-0.2, 0) is 17.8 Å². The number of anilines is 1. The summed E-state index contributed by atoms with van der Waals surface area (Å²) in [6.07, 6.45) is 1.96. The number of ether oxygens (including phenoxy) is 1. The van der Waals surface area contributed by atoms with E-state index in [0.29, 0.717) is 0 Å². The molecule has 0 spiro atoms. The van der Waals surface area contributed by atoms with Gasteiger partial charge in [0.15, 0.2) is 0 Å². The van der Waals surface area contributed by atoms with Gasteiger partial charge in [-0.1, -0.05) is 6.07 Å². The van der Waals surface area contributed by atoms with E-state index in [4.69, 9.17) is 4.74 Å². The average molecular weight is 368 g/mol. The van der Waals surface area contributed by atoms with Crippen molar-refractivity contribution in [1.82, 2.24) is 10.3 Å². The summed E-state index contributed by atoms with van der Waals surface area (Å²) in [6.45, 7) is 5.17. The van der Waals surface area contributed by atoms with Crippen LogP contribution in [0.3, 0.4) is 0 Å². The van der Waals surface area contributed by atoms with E-state index in [1.807, 2.05) is 6.20 Å². The topological polar surface area (TPSA) is 37.4 Å². The van der Waals surface area contributed by atoms with Crippen molar-refractivity contribution in [3.63, 3.8) is 0 Å². The fraction of sp³-hybridized carbons (Fsp3) is 0.400. The molecule has 4 nitrogen and oxygen atoms in total. The second-order valence-corrected chi connectivity index (χ2v) is 6.87. The van der Waals surface area contributed by atoms with E-state index in [1.54, 1.807) is 11.3 Å². The van der Waals surface area contributed by atoms with Gasteiger partial charge in [-0.2, -0.15) is 0 Å². The average Bonchev–Trinajstić information content (AvgIpc) is 2.94. The number of thiophene rings is 1. The van der Waals surface area contributed by atoms with E-state index in [1.165, 1.54) is 10.4 Å². The van der Waals surface area contributed by atoms with Crippen LogP contribution in [0.25, 0.3) is 0 Å². The summed E-state index contributed by atoms with van der Waals surface area (Å²) in [5.41, 5.74) is 1.21. The fourth-order valence-electron chi connectivity index (χ4n) is 2.28. The molecule has 0 atom stereocenters. The standard InChI is InChI=1S/C15H18BrN3OS/c16-13-7-14(21-11-13)10-17-8-12-1-2-15(18-9-12)19-3-5-20-6-4-19/h1-2,7,9,11,17H,3-6,8,10H2. The van der Waals surface area contributed by atoms with Crippen molar-refractivity contribution < 1.29 is 4.74 Å². The first-order valence-corrected chi connectivity index (χ1v) is 8.70. The quantitative estimate of drug-likeness (QED) is 0.881. The Balaban J connectivity index is 1.49. The van der Waals surface area contributed by atoms with Crippen LogP contribution in [-0.4, -0.2) is 31.3 Å². The Hall–Kier alpha value is -0.950. The second kappa shape index (κ2) is 7.35. The number of pyridine rings is 1. The Bertz CT molecular complexity index is 567. The minimum absolute atomic E-state index is 0.793. The third kappa shape index (κ3) is 4.26. The Labute approximate surface area is 137 Å². The number of morpholine rings is 1. The van der Waals surface area contributed by atoms with Crippen molar-refractivity contribution in [2.24, 2.45) is 0 Å². The van der Waals surface area contributed by atoms with E-state index in [-0.39, 0.29) is 0 Å². The molecular weight excluding hydrogens is 350 g/mol. The Morgan fingerprint density at radius 3 is 2.81 bits per heavy atom. The molecule has 1 aliphatic heterocycles. The Morgan fingerprint density at radius 1 is 1.29 bits per heavy atom. The van der Waals surface area contributed by atoms with Crippen molar-refractivity contribution in [3.8, 4) is 0 Å². The van der Waals surface area contributed by atoms with E-state index >= 15 is 0 Å². The molecule has 0 unspecified atom stereocenters. The molecular formula is C15H18BrN3OS. The highest BCUT2D eigenvalue weighted by Gasteiger charge is 2.11. The third-order valence-electron chi connectivity index (χ3n) is 3.39. The number of hydrogen-bond acceptors (Lipinski definition) is 5. The van der Waals surface area contributed by atoms with E-state index in [9.17, 15) is 0 Å². The second-order valence-electron chi connectivity index (χ2n) is 4.96. The van der Waals surface area contributed by atoms with Crippen LogP contribution in [0.4, 0.5) is 5.82 Å². The van der Waals surface area contributed by atoms with Crippen LogP contribution in [0.15, 0.2) is 34.2 Å². The minimum Gasteiger partial charge on any atom is -0.378 e. The van der Waals surface area contributed by atoms with Gasteiger partial charge in [-0.25, -0.2) is 4.98 Å². The van der Waals surface area contributed by atoms with E-state index in [2.05, 4.69) is 54.7 Å². The first-order valence-electron chi connectivity index (χ1n) is 7.02. The summed E-state index contributed by atoms with van der Waals surface area (Å²) in [4.78, 5) is 8.16. The molecule has 1 N–H and O–H groups in total. The summed E-state index contributed by atoms with van der Waals surface area (Å²) in [5.74, 6) is 1.05. The maximum Gasteiger partial charge on any atom is 0.128 e. The van der Waals surface area contributed by atoms with Crippen molar-refractivity contribution in [2.45, 2.75) is 13.1 Å². The highest BCUT2D eigenvalue weighted by atomic mass is 79.9. The minimum atomic E-state index is 0.793. The van der Waals surface area contributed by atoms with Gasteiger partial charge in [-0.3, -0.25) is 0 Å². The molecule has 21 heavy (non-hydrogen) atoms. The largest absolute Gasteiger partial charge is 0.378 e. The summed E-state index contributed by atoms with van der Waals surface area (Å²) in [7, 11) is 0. The first-order chi connectivity index (χ1) is 10.3. The number of rotatable bonds is 5. The molecule has 0 radical (unpaired) electrons. The van der Waals surface area contributed by atoms with Crippen LogP contribution in [0.5, 0.6) is 0 Å². The van der Waals surface area contributed by atoms with Gasteiger partial charge in [0.1, 0.15) is 5.82 Å². The monoisotopic (exact) mass is 367 g/mol. The highest BCUT2D eigenvalue weighted by Crippen LogP contribution is 2.19. The molecule has 0 aromatic carbocycles. The third-order valence-corrected chi connectivity index (χ3v) is 5.09. The predicted octanol–water partition coefficient (Wildman–Crippen LogP) is 3.03. The fourth-order valence-corrected chi connectivity index (χ4v) is 3.70. The highest BCUT2D eigenvalue weighted by molar-refractivity contribution is 9.10. The first kappa shape index (κ1) is 15.0. The normalized spacial score (nSPS) is 15.4. The van der Waals surface area contributed by atoms with Gasteiger partial charge < -0.3 is 15.0 Å². The molecule has 1 fully saturated rings. The van der Waals surface area contributed by atoms with Crippen LogP contribution >= 0.6 is 27.3 Å². The van der Waals surface area contributed by atoms with Crippen molar-refractivity contribution >= 4 is 33.1 Å². The van der Waals surface area contributed by atoms with Gasteiger partial charge in [-0.15, -0.1) is 11.3 Å². The maximum atomic E-state index is 5.36. The Kier molecular flexibility index (Phi) is 5.24. The molecule has 3 rings (SSSR count). The number of nitrogens with zero attached hydrogens (tertiary/aromatic N) is 2. The lowest BCUT2D eigenvalue weighted by Crippen LogP contribution is -2.36. The molecule has 0 bridgehead atoms. The zero-order valence-corrected chi connectivity index (χ0v) is 14.1. The summed E-state index contributed by atoms with van der Waals surface area (Å²) < 4.78 is 6.51. The molecule has 1 aliphatic rings. The molecule has 2 aromatic heterocycles. The molecule has 2 aromatic rings. The molecule has 112 valence electrons. The lowest BCUT2D eigenvalue weighted by atomic mass is 10.2. The van der Waals surface area contributed by atoms with Crippen LogP contribution in [0.1, 0.15) is 10.4 Å². The lowest BCUT2D eigenvalue weighted by molar-refractivity contribution is 0.122. The van der Waals surface area contributed by atoms with Gasteiger partial charge in [-0.05, 0) is 33.6 Å². The molecule has 0 amide bonds. The molecule has 6 heteroatoms. The van der Waals surface area contributed by atoms with Gasteiger partial charge in [0.25, 0.3) is 0 Å². The zero-order valence-electron chi connectivity index (χ0n) is 11.7. The van der Waals surface area contributed by atoms with Crippen molar-refractivity contribution in [1.29, 1.82) is 0 Å². The SMILES string of the molecule is Brc1csc(CNCc2ccc(N3CCOCC3)nc2)c1. The molecule has 1 saturated heterocycles. The van der Waals surface area contributed by atoms with Crippen molar-refractivity contribution in [2.75, 3.05) is 31.2 Å². The van der Waals surface area contributed by atoms with Crippen LogP contribution < -0.4 is 10.2 Å². The van der Waals surface area contributed by atoms with Gasteiger partial charge in [0.2, 0.25) is 0 Å². The summed E-state index contributed by atoms with van der Waals surface area (Å²) in [5, 5.41) is 5.55. The number of aromatic nitrogens is 1. The van der Waals surface area contributed by atoms with Gasteiger partial charge in [0.05, 0.1) is 13.2 Å². The van der Waals surface area contributed by atoms with Gasteiger partial charge >= 0.3 is 0 Å². The molecule has 0 saturated carbocycles. The summed E-state index contributed by atoms with van der Waals surface area (Å²) >= 11 is 5.24. The maximum absolute atomic E-state index is 5.36. The zero-order chi connectivity index (χ0) is 14.5. The van der Waals surface area contributed by atoms with Crippen LogP contribution in [0, 0.1) is 0 Å². The summed E-state index contributed by atoms with van der Waals surface area (Å²) in [6, 6.07) is 6.40. The van der Waals surface area contributed by atoms with E-state index in [0.717, 1.165) is 49.7 Å². The smallest absolute Gasteiger partial charge is 0.128 e. The molecule has 3 heterocycles. The van der Waals surface area contributed by atoms with Crippen LogP contribution in [0.2, 0.25) is 0 Å². The predicted molar refractivity (Wildman–Crippen MR) is 89.8 cm³/mol. The number of hydrogen-bond donors (Lipinski definition) is 1. The Morgan fingerprint density at radius 2 is 2.14 bits per heavy atom. The number of nitrogens with one attached hydrogen (secondary N) is 1. The molecule has 0 aliphatic carbocycles. The van der Waals surface area contributed by atoms with Crippen molar-refractivity contribution in [3.05, 3.63) is 44.7 Å². The lowest BCUT2D eigenvalue weighted by Gasteiger charge is -2.27. The van der Waals surface area contributed by atoms with Gasteiger partial charge in [0, 0.05) is 47.1 Å². The number of halogens is 1. The van der Waals surface area contributed by atoms with E-state index < -0.39 is 0 Å².